The van der Waals surface area contributed by atoms with Crippen LogP contribution in [0.25, 0.3) is 0 Å². The van der Waals surface area contributed by atoms with Gasteiger partial charge in [0.2, 0.25) is 5.91 Å². The number of aliphatic hydroxyl groups is 2. The van der Waals surface area contributed by atoms with Crippen LogP contribution in [0.5, 0.6) is 0 Å². The zero-order valence-corrected chi connectivity index (χ0v) is 26.8. The molecule has 1 fully saturated rings. The van der Waals surface area contributed by atoms with E-state index in [1.165, 1.54) is 71.3 Å². The van der Waals surface area contributed by atoms with E-state index in [4.69, 9.17) is 9.47 Å². The van der Waals surface area contributed by atoms with Crippen molar-refractivity contribution in [3.63, 3.8) is 0 Å². The molecule has 9 heteroatoms. The molecule has 1 rings (SSSR count). The third-order valence-corrected chi connectivity index (χ3v) is 7.80. The highest BCUT2D eigenvalue weighted by atomic mass is 16.6. The predicted molar refractivity (Wildman–Crippen MR) is 166 cm³/mol. The van der Waals surface area contributed by atoms with Gasteiger partial charge in [-0.3, -0.25) is 14.4 Å². The second kappa shape index (κ2) is 23.5. The SMILES string of the molecule is CCCCCCCCCCCCCCCC(=O)O[C@H](/C=C/C(C)C)[C@@H](O)[C@@H](O)[C@@H](OC)C(=O)N[C@H]1CCCCNC1=O. The number of hydrogen-bond donors (Lipinski definition) is 4. The lowest BCUT2D eigenvalue weighted by molar-refractivity contribution is -0.164. The maximum absolute atomic E-state index is 12.9. The first kappa shape index (κ1) is 38.1. The lowest BCUT2D eigenvalue weighted by Crippen LogP contribution is -2.55. The lowest BCUT2D eigenvalue weighted by atomic mass is 10.00. The number of allylic oxidation sites excluding steroid dienone is 1. The standard InChI is InChI=1S/C33H60N2O7/c1-5-6-7-8-9-10-11-12-13-14-15-16-17-21-28(36)42-27(23-22-25(2)3)29(37)30(38)31(41-4)33(40)35-26-20-18-19-24-34-32(26)39/h22-23,25-27,29-31,37-38H,5-21,24H2,1-4H3,(H,34,39)(H,35,40)/b23-22+/t26-,27+,29+,30+,31+/m0/s1. The summed E-state index contributed by atoms with van der Waals surface area (Å²) in [5.41, 5.74) is 0. The summed E-state index contributed by atoms with van der Waals surface area (Å²) in [6.45, 7) is 6.67. The fraction of sp³-hybridized carbons (Fsp3) is 0.848. The number of hydrogen-bond acceptors (Lipinski definition) is 7. The van der Waals surface area contributed by atoms with E-state index in [1.54, 1.807) is 12.2 Å². The van der Waals surface area contributed by atoms with Crippen molar-refractivity contribution in [3.05, 3.63) is 12.2 Å². The molecule has 0 spiro atoms. The van der Waals surface area contributed by atoms with Gasteiger partial charge in [-0.15, -0.1) is 0 Å². The molecule has 0 bridgehead atoms. The summed E-state index contributed by atoms with van der Waals surface area (Å²) >= 11 is 0. The summed E-state index contributed by atoms with van der Waals surface area (Å²) in [6.07, 6.45) is 15.4. The van der Waals surface area contributed by atoms with Gasteiger partial charge in [0.05, 0.1) is 0 Å². The van der Waals surface area contributed by atoms with Crippen molar-refractivity contribution in [2.45, 2.75) is 160 Å². The molecule has 9 nitrogen and oxygen atoms in total. The summed E-state index contributed by atoms with van der Waals surface area (Å²) in [5, 5.41) is 27.2. The molecule has 1 saturated heterocycles. The number of ether oxygens (including phenoxy) is 2. The Morgan fingerprint density at radius 3 is 2.02 bits per heavy atom. The van der Waals surface area contributed by atoms with Crippen LogP contribution in [-0.2, 0) is 23.9 Å². The van der Waals surface area contributed by atoms with Gasteiger partial charge in [0.25, 0.3) is 5.91 Å². The van der Waals surface area contributed by atoms with Crippen LogP contribution in [0.4, 0.5) is 0 Å². The molecular weight excluding hydrogens is 536 g/mol. The Hall–Kier alpha value is -1.97. The van der Waals surface area contributed by atoms with Crippen molar-refractivity contribution in [1.82, 2.24) is 10.6 Å². The van der Waals surface area contributed by atoms with Gasteiger partial charge in [-0.1, -0.05) is 104 Å². The van der Waals surface area contributed by atoms with Crippen molar-refractivity contribution >= 4 is 17.8 Å². The van der Waals surface area contributed by atoms with Crippen molar-refractivity contribution < 1.29 is 34.1 Å². The Bertz CT molecular complexity index is 773. The topological polar surface area (TPSA) is 134 Å². The maximum Gasteiger partial charge on any atom is 0.306 e. The highest BCUT2D eigenvalue weighted by molar-refractivity contribution is 5.89. The number of carbonyl (C=O) groups excluding carboxylic acids is 3. The Labute approximate surface area is 254 Å². The molecule has 4 N–H and O–H groups in total. The van der Waals surface area contributed by atoms with Crippen LogP contribution in [0.15, 0.2) is 12.2 Å². The molecule has 0 saturated carbocycles. The number of carbonyl (C=O) groups is 3. The maximum atomic E-state index is 12.9. The molecule has 0 aromatic heterocycles. The molecule has 2 amide bonds. The van der Waals surface area contributed by atoms with Crippen LogP contribution < -0.4 is 10.6 Å². The number of methoxy groups -OCH3 is 1. The Morgan fingerprint density at radius 2 is 1.48 bits per heavy atom. The van der Waals surface area contributed by atoms with Gasteiger partial charge in [-0.05, 0) is 37.7 Å². The minimum absolute atomic E-state index is 0.117. The fourth-order valence-corrected chi connectivity index (χ4v) is 5.16. The van der Waals surface area contributed by atoms with Crippen LogP contribution in [0.3, 0.4) is 0 Å². The third-order valence-electron chi connectivity index (χ3n) is 7.80. The van der Waals surface area contributed by atoms with Crippen LogP contribution in [-0.4, -0.2) is 72.1 Å². The fourth-order valence-electron chi connectivity index (χ4n) is 5.16. The van der Waals surface area contributed by atoms with Crippen LogP contribution in [0, 0.1) is 5.92 Å². The van der Waals surface area contributed by atoms with Gasteiger partial charge in [0.15, 0.2) is 6.10 Å². The molecule has 0 radical (unpaired) electrons. The van der Waals surface area contributed by atoms with Crippen LogP contribution in [0.2, 0.25) is 0 Å². The molecule has 244 valence electrons. The zero-order valence-electron chi connectivity index (χ0n) is 26.8. The van der Waals surface area contributed by atoms with E-state index in [0.717, 1.165) is 25.7 Å². The lowest BCUT2D eigenvalue weighted by Gasteiger charge is -2.30. The summed E-state index contributed by atoms with van der Waals surface area (Å²) in [6, 6.07) is -0.739. The first-order chi connectivity index (χ1) is 20.2. The average Bonchev–Trinajstić information content (AvgIpc) is 3.16. The van der Waals surface area contributed by atoms with Gasteiger partial charge in [-0.2, -0.15) is 0 Å². The van der Waals surface area contributed by atoms with Crippen LogP contribution >= 0.6 is 0 Å². The van der Waals surface area contributed by atoms with E-state index in [2.05, 4.69) is 17.6 Å². The molecule has 0 aromatic rings. The van der Waals surface area contributed by atoms with E-state index in [-0.39, 0.29) is 18.2 Å². The minimum atomic E-state index is -1.69. The molecule has 1 heterocycles. The molecule has 0 unspecified atom stereocenters. The number of amides is 2. The third kappa shape index (κ3) is 16.6. The number of rotatable bonds is 23. The second-order valence-electron chi connectivity index (χ2n) is 12.1. The molecule has 1 aliphatic rings. The Kier molecular flexibility index (Phi) is 21.3. The van der Waals surface area contributed by atoms with Crippen LogP contribution in [0.1, 0.15) is 130 Å². The molecule has 0 aliphatic carbocycles. The van der Waals surface area contributed by atoms with Crippen molar-refractivity contribution in [1.29, 1.82) is 0 Å². The molecule has 1 aliphatic heterocycles. The Balaban J connectivity index is 2.49. The van der Waals surface area contributed by atoms with E-state index < -0.39 is 42.3 Å². The normalized spacial score (nSPS) is 18.7. The summed E-state index contributed by atoms with van der Waals surface area (Å²) < 4.78 is 10.8. The van der Waals surface area contributed by atoms with Gasteiger partial charge in [0, 0.05) is 20.1 Å². The summed E-state index contributed by atoms with van der Waals surface area (Å²) in [5.74, 6) is -1.34. The molecular formula is C33H60N2O7. The predicted octanol–water partition coefficient (Wildman–Crippen LogP) is 5.11. The smallest absolute Gasteiger partial charge is 0.306 e. The van der Waals surface area contributed by atoms with E-state index in [9.17, 15) is 24.6 Å². The molecule has 5 atom stereocenters. The van der Waals surface area contributed by atoms with Crippen molar-refractivity contribution in [2.24, 2.45) is 5.92 Å². The quantitative estimate of drug-likeness (QED) is 0.0731. The number of nitrogens with one attached hydrogen (secondary N) is 2. The molecule has 42 heavy (non-hydrogen) atoms. The summed E-state index contributed by atoms with van der Waals surface area (Å²) in [7, 11) is 1.24. The highest BCUT2D eigenvalue weighted by Gasteiger charge is 2.38. The van der Waals surface area contributed by atoms with Crippen molar-refractivity contribution in [3.8, 4) is 0 Å². The summed E-state index contributed by atoms with van der Waals surface area (Å²) in [4.78, 5) is 37.8. The number of unbranched alkanes of at least 4 members (excludes halogenated alkanes) is 12. The van der Waals surface area contributed by atoms with Gasteiger partial charge in [-0.25, -0.2) is 0 Å². The number of esters is 1. The van der Waals surface area contributed by atoms with Gasteiger partial charge < -0.3 is 30.3 Å². The zero-order chi connectivity index (χ0) is 31.2. The average molecular weight is 597 g/mol. The monoisotopic (exact) mass is 596 g/mol. The Morgan fingerprint density at radius 1 is 0.905 bits per heavy atom. The first-order valence-corrected chi connectivity index (χ1v) is 16.6. The van der Waals surface area contributed by atoms with Crippen molar-refractivity contribution in [2.75, 3.05) is 13.7 Å². The first-order valence-electron chi connectivity index (χ1n) is 16.6. The van der Waals surface area contributed by atoms with Gasteiger partial charge >= 0.3 is 5.97 Å². The largest absolute Gasteiger partial charge is 0.455 e. The second-order valence-corrected chi connectivity index (χ2v) is 12.1. The number of aliphatic hydroxyl groups excluding tert-OH is 2. The van der Waals surface area contributed by atoms with Gasteiger partial charge in [0.1, 0.15) is 24.4 Å². The van der Waals surface area contributed by atoms with E-state index >= 15 is 0 Å². The van der Waals surface area contributed by atoms with E-state index in [0.29, 0.717) is 19.4 Å². The van der Waals surface area contributed by atoms with E-state index in [1.807, 2.05) is 13.8 Å². The molecule has 0 aromatic carbocycles. The minimum Gasteiger partial charge on any atom is -0.455 e. The highest BCUT2D eigenvalue weighted by Crippen LogP contribution is 2.17.